The van der Waals surface area contributed by atoms with E-state index in [0.29, 0.717) is 5.02 Å². The molecule has 0 saturated heterocycles. The molecular formula is C20H15ClF3N3O2S. The molecule has 0 unspecified atom stereocenters. The lowest BCUT2D eigenvalue weighted by atomic mass is 9.96. The van der Waals surface area contributed by atoms with Crippen LogP contribution < -0.4 is 5.73 Å². The second-order valence-electron chi connectivity index (χ2n) is 6.96. The Morgan fingerprint density at radius 1 is 1.23 bits per heavy atom. The number of fused-ring (bicyclic) bond motifs is 2. The molecule has 5 nitrogen and oxygen atoms in total. The molecule has 0 atom stereocenters. The van der Waals surface area contributed by atoms with E-state index in [9.17, 15) is 22.8 Å². The van der Waals surface area contributed by atoms with E-state index < -0.39 is 17.5 Å². The highest BCUT2D eigenvalue weighted by Crippen LogP contribution is 2.46. The first kappa shape index (κ1) is 20.6. The summed E-state index contributed by atoms with van der Waals surface area (Å²) in [5, 5.41) is 0.147. The average Bonchev–Trinajstić information content (AvgIpc) is 3.00. The van der Waals surface area contributed by atoms with Crippen LogP contribution in [0.25, 0.3) is 10.2 Å². The van der Waals surface area contributed by atoms with Gasteiger partial charge in [0.25, 0.3) is 0 Å². The molecule has 2 N–H and O–H groups in total. The van der Waals surface area contributed by atoms with Gasteiger partial charge in [-0.15, -0.1) is 11.3 Å². The molecular weight excluding hydrogens is 439 g/mol. The van der Waals surface area contributed by atoms with Gasteiger partial charge >= 0.3 is 6.18 Å². The number of carbonyl (C=O) groups excluding carboxylic acids is 2. The van der Waals surface area contributed by atoms with Crippen molar-refractivity contribution in [3.05, 3.63) is 56.5 Å². The highest BCUT2D eigenvalue weighted by molar-refractivity contribution is 7.21. The molecule has 1 aliphatic rings. The lowest BCUT2D eigenvalue weighted by molar-refractivity contribution is -0.138. The molecule has 0 radical (unpaired) electrons. The topological polar surface area (TPSA) is 76.3 Å². The minimum atomic E-state index is -4.72. The zero-order valence-corrected chi connectivity index (χ0v) is 17.2. The number of carbonyl (C=O) groups is 2. The molecule has 30 heavy (non-hydrogen) atoms. The monoisotopic (exact) mass is 453 g/mol. The van der Waals surface area contributed by atoms with Crippen molar-refractivity contribution in [2.75, 3.05) is 12.3 Å². The number of thiophene rings is 1. The first-order valence-corrected chi connectivity index (χ1v) is 10.1. The Labute approximate surface area is 178 Å². The lowest BCUT2D eigenvalue weighted by Gasteiger charge is -2.29. The molecule has 0 aliphatic carbocycles. The number of anilines is 1. The molecule has 1 amide bonds. The van der Waals surface area contributed by atoms with Gasteiger partial charge in [0, 0.05) is 53.7 Å². The Morgan fingerprint density at radius 3 is 2.50 bits per heavy atom. The van der Waals surface area contributed by atoms with Gasteiger partial charge in [-0.1, -0.05) is 11.6 Å². The van der Waals surface area contributed by atoms with Crippen molar-refractivity contribution in [2.24, 2.45) is 0 Å². The maximum absolute atomic E-state index is 14.1. The molecule has 0 saturated carbocycles. The number of nitrogens with zero attached hydrogens (tertiary/aromatic N) is 2. The highest BCUT2D eigenvalue weighted by Gasteiger charge is 2.41. The first-order valence-electron chi connectivity index (χ1n) is 8.94. The quantitative estimate of drug-likeness (QED) is 0.571. The molecule has 4 rings (SSSR count). The van der Waals surface area contributed by atoms with E-state index >= 15 is 0 Å². The Hall–Kier alpha value is -2.65. The van der Waals surface area contributed by atoms with Crippen molar-refractivity contribution in [2.45, 2.75) is 26.1 Å². The molecule has 3 aromatic rings. The van der Waals surface area contributed by atoms with Gasteiger partial charge < -0.3 is 10.6 Å². The minimum absolute atomic E-state index is 0.00362. The minimum Gasteiger partial charge on any atom is -0.397 e. The number of hydrogen-bond acceptors (Lipinski definition) is 5. The SMILES string of the molecule is CC(=O)N1CCc2nc3sc(C(=O)c4ccc(Cl)cc4)c(N)c3c(C(F)(F)F)c2C1. The fourth-order valence-corrected chi connectivity index (χ4v) is 4.82. The zero-order chi connectivity index (χ0) is 21.8. The van der Waals surface area contributed by atoms with Crippen LogP contribution in [-0.2, 0) is 23.9 Å². The predicted molar refractivity (Wildman–Crippen MR) is 109 cm³/mol. The molecule has 1 aliphatic heterocycles. The van der Waals surface area contributed by atoms with Crippen LogP contribution >= 0.6 is 22.9 Å². The number of rotatable bonds is 2. The summed E-state index contributed by atoms with van der Waals surface area (Å²) in [7, 11) is 0. The van der Waals surface area contributed by atoms with Gasteiger partial charge in [0.1, 0.15) is 9.71 Å². The van der Waals surface area contributed by atoms with Gasteiger partial charge in [-0.2, -0.15) is 13.2 Å². The molecule has 0 bridgehead atoms. The number of halogens is 4. The maximum atomic E-state index is 14.1. The average molecular weight is 454 g/mol. The molecule has 156 valence electrons. The number of alkyl halides is 3. The van der Waals surface area contributed by atoms with Crippen LogP contribution in [0.3, 0.4) is 0 Å². The van der Waals surface area contributed by atoms with Crippen molar-refractivity contribution in [1.82, 2.24) is 9.88 Å². The normalized spacial score (nSPS) is 14.1. The Morgan fingerprint density at radius 2 is 1.90 bits per heavy atom. The Kier molecular flexibility index (Phi) is 4.98. The van der Waals surface area contributed by atoms with Crippen LogP contribution in [0.1, 0.15) is 39.0 Å². The third-order valence-corrected chi connectivity index (χ3v) is 6.42. The van der Waals surface area contributed by atoms with Crippen LogP contribution in [0, 0.1) is 0 Å². The summed E-state index contributed by atoms with van der Waals surface area (Å²) in [6, 6.07) is 6.02. The number of benzene rings is 1. The maximum Gasteiger partial charge on any atom is 0.417 e. The number of nitrogen functional groups attached to an aromatic ring is 1. The Balaban J connectivity index is 1.94. The fraction of sp³-hybridized carbons (Fsp3) is 0.250. The summed E-state index contributed by atoms with van der Waals surface area (Å²) in [4.78, 5) is 30.4. The smallest absolute Gasteiger partial charge is 0.397 e. The molecule has 2 aromatic heterocycles. The van der Waals surface area contributed by atoms with Crippen LogP contribution in [0.15, 0.2) is 24.3 Å². The van der Waals surface area contributed by atoms with Crippen molar-refractivity contribution in [3.8, 4) is 0 Å². The van der Waals surface area contributed by atoms with Crippen molar-refractivity contribution in [1.29, 1.82) is 0 Å². The fourth-order valence-electron chi connectivity index (χ4n) is 3.61. The summed E-state index contributed by atoms with van der Waals surface area (Å²) in [5.74, 6) is -0.811. The summed E-state index contributed by atoms with van der Waals surface area (Å²) >= 11 is 6.68. The number of pyridine rings is 1. The molecule has 10 heteroatoms. The van der Waals surface area contributed by atoms with Gasteiger partial charge in [-0.3, -0.25) is 9.59 Å². The number of aromatic nitrogens is 1. The third kappa shape index (κ3) is 3.41. The number of ketones is 1. The molecule has 1 aromatic carbocycles. The predicted octanol–water partition coefficient (Wildman–Crippen LogP) is 4.69. The largest absolute Gasteiger partial charge is 0.417 e. The molecule has 0 fully saturated rings. The van der Waals surface area contributed by atoms with E-state index in [1.165, 1.54) is 36.1 Å². The second kappa shape index (κ2) is 7.24. The van der Waals surface area contributed by atoms with E-state index in [4.69, 9.17) is 17.3 Å². The van der Waals surface area contributed by atoms with Crippen molar-refractivity contribution >= 4 is 50.5 Å². The third-order valence-electron chi connectivity index (χ3n) is 5.07. The number of hydrogen-bond donors (Lipinski definition) is 1. The Bertz CT molecular complexity index is 1190. The highest BCUT2D eigenvalue weighted by atomic mass is 35.5. The standard InChI is InChI=1S/C20H15ClF3N3O2S/c1-9(28)27-7-6-13-12(8-27)15(20(22,23)24)14-16(25)18(30-19(14)26-13)17(29)10-2-4-11(21)5-3-10/h2-5H,6-8,25H2,1H3. The van der Waals surface area contributed by atoms with Gasteiger partial charge in [0.05, 0.1) is 11.3 Å². The van der Waals surface area contributed by atoms with Crippen molar-refractivity contribution in [3.63, 3.8) is 0 Å². The van der Waals surface area contributed by atoms with Crippen molar-refractivity contribution < 1.29 is 22.8 Å². The first-order chi connectivity index (χ1) is 14.1. The van der Waals surface area contributed by atoms with E-state index in [2.05, 4.69) is 4.98 Å². The lowest BCUT2D eigenvalue weighted by Crippen LogP contribution is -2.36. The van der Waals surface area contributed by atoms with Crippen LogP contribution in [-0.4, -0.2) is 28.1 Å². The number of amides is 1. The summed E-state index contributed by atoms with van der Waals surface area (Å²) in [5.41, 5.74) is 5.38. The van der Waals surface area contributed by atoms with Crippen LogP contribution in [0.5, 0.6) is 0 Å². The van der Waals surface area contributed by atoms with E-state index in [1.807, 2.05) is 0 Å². The second-order valence-corrected chi connectivity index (χ2v) is 8.40. The van der Waals surface area contributed by atoms with Crippen LogP contribution in [0.4, 0.5) is 18.9 Å². The van der Waals surface area contributed by atoms with Crippen LogP contribution in [0.2, 0.25) is 5.02 Å². The summed E-state index contributed by atoms with van der Waals surface area (Å²) < 4.78 is 42.3. The zero-order valence-electron chi connectivity index (χ0n) is 15.6. The van der Waals surface area contributed by atoms with Gasteiger partial charge in [0.2, 0.25) is 11.7 Å². The molecule has 0 spiro atoms. The van der Waals surface area contributed by atoms with E-state index in [0.717, 1.165) is 11.3 Å². The van der Waals surface area contributed by atoms with E-state index in [1.54, 1.807) is 0 Å². The van der Waals surface area contributed by atoms with Gasteiger partial charge in [0.15, 0.2) is 0 Å². The summed E-state index contributed by atoms with van der Waals surface area (Å²) in [6.07, 6.45) is -4.52. The molecule has 3 heterocycles. The van der Waals surface area contributed by atoms with E-state index in [-0.39, 0.29) is 63.0 Å². The number of nitrogens with two attached hydrogens (primary N) is 1. The summed E-state index contributed by atoms with van der Waals surface area (Å²) in [6.45, 7) is 1.40. The van der Waals surface area contributed by atoms with Gasteiger partial charge in [-0.25, -0.2) is 4.98 Å². The van der Waals surface area contributed by atoms with Gasteiger partial charge in [-0.05, 0) is 24.3 Å².